The van der Waals surface area contributed by atoms with E-state index in [9.17, 15) is 4.79 Å². The van der Waals surface area contributed by atoms with Crippen molar-refractivity contribution < 1.29 is 9.21 Å². The van der Waals surface area contributed by atoms with Gasteiger partial charge in [-0.25, -0.2) is 15.0 Å². The number of aromatic nitrogens is 4. The third-order valence-corrected chi connectivity index (χ3v) is 2.72. The van der Waals surface area contributed by atoms with E-state index in [2.05, 4.69) is 25.3 Å². The molecule has 3 aromatic heterocycles. The summed E-state index contributed by atoms with van der Waals surface area (Å²) < 4.78 is 5.24. The van der Waals surface area contributed by atoms with Gasteiger partial charge < -0.3 is 20.5 Å². The highest BCUT2D eigenvalue weighted by atomic mass is 16.3. The summed E-state index contributed by atoms with van der Waals surface area (Å²) in [4.78, 5) is 27.0. The lowest BCUT2D eigenvalue weighted by atomic mass is 10.2. The van der Waals surface area contributed by atoms with Crippen molar-refractivity contribution in [3.05, 3.63) is 48.4 Å². The van der Waals surface area contributed by atoms with Gasteiger partial charge in [-0.3, -0.25) is 4.79 Å². The monoisotopic (exact) mass is 284 g/mol. The van der Waals surface area contributed by atoms with Crippen LogP contribution in [0.25, 0.3) is 11.5 Å². The summed E-state index contributed by atoms with van der Waals surface area (Å²) >= 11 is 0. The van der Waals surface area contributed by atoms with Gasteiger partial charge in [0.2, 0.25) is 5.95 Å². The summed E-state index contributed by atoms with van der Waals surface area (Å²) in [5.74, 6) is 0.807. The fraction of sp³-hybridized carbons (Fsp3) is 0.0769. The average Bonchev–Trinajstić information content (AvgIpc) is 3.17. The van der Waals surface area contributed by atoms with Gasteiger partial charge in [-0.1, -0.05) is 0 Å². The Hall–Kier alpha value is -3.16. The Morgan fingerprint density at radius 2 is 2.33 bits per heavy atom. The van der Waals surface area contributed by atoms with Crippen LogP contribution < -0.4 is 11.1 Å². The van der Waals surface area contributed by atoms with Gasteiger partial charge in [0, 0.05) is 12.4 Å². The van der Waals surface area contributed by atoms with Crippen molar-refractivity contribution in [3.8, 4) is 11.5 Å². The Labute approximate surface area is 119 Å². The van der Waals surface area contributed by atoms with Crippen LogP contribution >= 0.6 is 0 Å². The highest BCUT2D eigenvalue weighted by Crippen LogP contribution is 2.18. The van der Waals surface area contributed by atoms with Crippen molar-refractivity contribution in [1.82, 2.24) is 25.3 Å². The summed E-state index contributed by atoms with van der Waals surface area (Å²) in [6, 6.07) is 4.98. The van der Waals surface area contributed by atoms with E-state index in [1.807, 2.05) is 0 Å². The minimum Gasteiger partial charge on any atom is -0.463 e. The van der Waals surface area contributed by atoms with Gasteiger partial charge in [-0.05, 0) is 18.2 Å². The number of imidazole rings is 1. The van der Waals surface area contributed by atoms with E-state index in [0.717, 1.165) is 0 Å². The number of amides is 1. The van der Waals surface area contributed by atoms with Crippen LogP contribution in [0, 0.1) is 0 Å². The number of furan rings is 1. The molecule has 8 heteroatoms. The number of rotatable bonds is 4. The Morgan fingerprint density at radius 1 is 1.43 bits per heavy atom. The lowest BCUT2D eigenvalue weighted by molar-refractivity contribution is 0.0945. The quantitative estimate of drug-likeness (QED) is 0.656. The number of nitrogens with two attached hydrogens (primary N) is 1. The van der Waals surface area contributed by atoms with Crippen LogP contribution in [0.2, 0.25) is 0 Å². The van der Waals surface area contributed by atoms with E-state index in [1.165, 1.54) is 12.3 Å². The molecule has 106 valence electrons. The van der Waals surface area contributed by atoms with Gasteiger partial charge in [-0.15, -0.1) is 0 Å². The molecule has 0 unspecified atom stereocenters. The van der Waals surface area contributed by atoms with E-state index in [0.29, 0.717) is 17.3 Å². The number of carbonyl (C=O) groups excluding carboxylic acids is 1. The molecule has 0 aromatic carbocycles. The number of H-pyrrole nitrogens is 1. The number of nitrogens with zero attached hydrogens (tertiary/aromatic N) is 3. The van der Waals surface area contributed by atoms with Crippen molar-refractivity contribution >= 4 is 11.9 Å². The Morgan fingerprint density at radius 3 is 3.05 bits per heavy atom. The van der Waals surface area contributed by atoms with Gasteiger partial charge in [0.15, 0.2) is 5.76 Å². The standard InChI is InChI=1S/C13H12N6O2/c14-13-18-8(10-2-1-5-21-10)6-9(19-13)12(20)17-7-11-15-3-4-16-11/h1-6H,7H2,(H,15,16)(H,17,20)(H2,14,18,19). The first-order valence-corrected chi connectivity index (χ1v) is 6.17. The Balaban J connectivity index is 1.79. The number of nitrogens with one attached hydrogen (secondary N) is 2. The maximum Gasteiger partial charge on any atom is 0.270 e. The molecule has 1 amide bonds. The minimum absolute atomic E-state index is 0.00653. The lowest BCUT2D eigenvalue weighted by Gasteiger charge is -2.05. The van der Waals surface area contributed by atoms with Crippen LogP contribution in [0.1, 0.15) is 16.3 Å². The molecule has 3 heterocycles. The van der Waals surface area contributed by atoms with Crippen LogP contribution in [0.15, 0.2) is 41.3 Å². The molecule has 21 heavy (non-hydrogen) atoms. The Bertz CT molecular complexity index is 736. The molecular weight excluding hydrogens is 272 g/mol. The van der Waals surface area contributed by atoms with E-state index >= 15 is 0 Å². The third kappa shape index (κ3) is 2.89. The topological polar surface area (TPSA) is 123 Å². The van der Waals surface area contributed by atoms with Crippen LogP contribution in [-0.4, -0.2) is 25.8 Å². The summed E-state index contributed by atoms with van der Waals surface area (Å²) in [5.41, 5.74) is 6.25. The number of nitrogen functional groups attached to an aromatic ring is 1. The SMILES string of the molecule is Nc1nc(C(=O)NCc2ncc[nH]2)cc(-c2ccco2)n1. The van der Waals surface area contributed by atoms with Gasteiger partial charge in [0.05, 0.1) is 12.8 Å². The molecule has 0 spiro atoms. The highest BCUT2D eigenvalue weighted by molar-refractivity contribution is 5.93. The first-order chi connectivity index (χ1) is 10.2. The van der Waals surface area contributed by atoms with Crippen molar-refractivity contribution in [3.63, 3.8) is 0 Å². The van der Waals surface area contributed by atoms with Gasteiger partial charge in [0.1, 0.15) is 17.2 Å². The summed E-state index contributed by atoms with van der Waals surface area (Å²) in [7, 11) is 0. The fourth-order valence-electron chi connectivity index (χ4n) is 1.78. The number of hydrogen-bond acceptors (Lipinski definition) is 6. The first-order valence-electron chi connectivity index (χ1n) is 6.17. The van der Waals surface area contributed by atoms with Crippen LogP contribution in [0.5, 0.6) is 0 Å². The van der Waals surface area contributed by atoms with Crippen LogP contribution in [-0.2, 0) is 6.54 Å². The van der Waals surface area contributed by atoms with Crippen LogP contribution in [0.3, 0.4) is 0 Å². The molecule has 0 aliphatic carbocycles. The summed E-state index contributed by atoms with van der Waals surface area (Å²) in [6.07, 6.45) is 4.81. The van der Waals surface area contributed by atoms with Crippen LogP contribution in [0.4, 0.5) is 5.95 Å². The second-order valence-electron chi connectivity index (χ2n) is 4.19. The van der Waals surface area contributed by atoms with E-state index in [-0.39, 0.29) is 24.1 Å². The molecule has 0 saturated carbocycles. The molecular formula is C13H12N6O2. The zero-order chi connectivity index (χ0) is 14.7. The average molecular weight is 284 g/mol. The maximum atomic E-state index is 12.1. The highest BCUT2D eigenvalue weighted by Gasteiger charge is 2.13. The van der Waals surface area contributed by atoms with Gasteiger partial charge in [-0.2, -0.15) is 0 Å². The second kappa shape index (κ2) is 5.45. The zero-order valence-corrected chi connectivity index (χ0v) is 10.9. The van der Waals surface area contributed by atoms with Crippen molar-refractivity contribution in [2.24, 2.45) is 0 Å². The van der Waals surface area contributed by atoms with Crippen molar-refractivity contribution in [2.45, 2.75) is 6.54 Å². The van der Waals surface area contributed by atoms with E-state index in [1.54, 1.807) is 24.5 Å². The number of aromatic amines is 1. The molecule has 0 bridgehead atoms. The molecule has 0 saturated heterocycles. The van der Waals surface area contributed by atoms with Gasteiger partial charge in [0.25, 0.3) is 5.91 Å². The third-order valence-electron chi connectivity index (χ3n) is 2.72. The molecule has 4 N–H and O–H groups in total. The van der Waals surface area contributed by atoms with E-state index in [4.69, 9.17) is 10.2 Å². The molecule has 0 atom stereocenters. The largest absolute Gasteiger partial charge is 0.463 e. The van der Waals surface area contributed by atoms with Gasteiger partial charge >= 0.3 is 0 Å². The molecule has 8 nitrogen and oxygen atoms in total. The van der Waals surface area contributed by atoms with E-state index < -0.39 is 0 Å². The number of hydrogen-bond donors (Lipinski definition) is 3. The summed E-state index contributed by atoms with van der Waals surface area (Å²) in [6.45, 7) is 0.270. The van der Waals surface area contributed by atoms with Crippen molar-refractivity contribution in [1.29, 1.82) is 0 Å². The summed E-state index contributed by atoms with van der Waals surface area (Å²) in [5, 5.41) is 2.69. The maximum absolute atomic E-state index is 12.1. The fourth-order valence-corrected chi connectivity index (χ4v) is 1.78. The predicted octanol–water partition coefficient (Wildman–Crippen LogP) is 0.972. The number of anilines is 1. The number of carbonyl (C=O) groups is 1. The first kappa shape index (κ1) is 12.9. The molecule has 3 aromatic rings. The zero-order valence-electron chi connectivity index (χ0n) is 10.9. The molecule has 0 aliphatic rings. The molecule has 3 rings (SSSR count). The second-order valence-corrected chi connectivity index (χ2v) is 4.19. The lowest BCUT2D eigenvalue weighted by Crippen LogP contribution is -2.25. The Kier molecular flexibility index (Phi) is 3.34. The minimum atomic E-state index is -0.367. The van der Waals surface area contributed by atoms with Crippen molar-refractivity contribution in [2.75, 3.05) is 5.73 Å². The molecule has 0 fully saturated rings. The predicted molar refractivity (Wildman–Crippen MR) is 73.9 cm³/mol. The smallest absolute Gasteiger partial charge is 0.270 e. The molecule has 0 radical (unpaired) electrons. The molecule has 0 aliphatic heterocycles. The normalized spacial score (nSPS) is 10.5.